The number of benzene rings is 1. The third-order valence-corrected chi connectivity index (χ3v) is 4.70. The number of hydrogen-bond acceptors (Lipinski definition) is 4. The van der Waals surface area contributed by atoms with Crippen LogP contribution in [-0.4, -0.2) is 30.3 Å². The lowest BCUT2D eigenvalue weighted by molar-refractivity contribution is -0.123. The van der Waals surface area contributed by atoms with Gasteiger partial charge in [-0.3, -0.25) is 4.79 Å². The summed E-state index contributed by atoms with van der Waals surface area (Å²) in [6, 6.07) is 8.70. The highest BCUT2D eigenvalue weighted by Gasteiger charge is 2.45. The van der Waals surface area contributed by atoms with Gasteiger partial charge in [0, 0.05) is 18.4 Å². The van der Waals surface area contributed by atoms with E-state index in [-0.39, 0.29) is 30.9 Å². The van der Waals surface area contributed by atoms with Gasteiger partial charge in [-0.25, -0.2) is 0 Å². The van der Waals surface area contributed by atoms with Gasteiger partial charge < -0.3 is 19.6 Å². The molecular weight excluding hydrogens is 353 g/mol. The van der Waals surface area contributed by atoms with Gasteiger partial charge in [0.05, 0.1) is 11.3 Å². The Balaban J connectivity index is 1.40. The number of aliphatic hydroxyl groups is 1. The van der Waals surface area contributed by atoms with E-state index in [4.69, 9.17) is 32.4 Å². The molecule has 3 rings (SSSR count). The van der Waals surface area contributed by atoms with E-state index in [1.54, 1.807) is 24.5 Å². The van der Waals surface area contributed by atoms with Crippen LogP contribution < -0.4 is 10.1 Å². The summed E-state index contributed by atoms with van der Waals surface area (Å²) in [5, 5.41) is 13.4. The predicted molar refractivity (Wildman–Crippen MR) is 90.5 cm³/mol. The molecule has 7 heteroatoms. The van der Waals surface area contributed by atoms with Crippen LogP contribution in [0.15, 0.2) is 41.0 Å². The lowest BCUT2D eigenvalue weighted by atomic mass is 10.2. The molecular formula is C17H17Cl2NO4. The fourth-order valence-corrected chi connectivity index (χ4v) is 2.84. The molecule has 0 bridgehead atoms. The van der Waals surface area contributed by atoms with Crippen molar-refractivity contribution in [3.8, 4) is 5.75 Å². The first-order chi connectivity index (χ1) is 11.6. The van der Waals surface area contributed by atoms with Gasteiger partial charge in [0.25, 0.3) is 0 Å². The maximum atomic E-state index is 12.0. The molecule has 1 aromatic carbocycles. The number of halogens is 2. The van der Waals surface area contributed by atoms with Crippen LogP contribution in [0, 0.1) is 5.92 Å². The van der Waals surface area contributed by atoms with Crippen LogP contribution in [0.3, 0.4) is 0 Å². The number of amides is 1. The number of aliphatic hydroxyl groups excluding tert-OH is 1. The fraction of sp³-hybridized carbons (Fsp3) is 0.353. The third kappa shape index (κ3) is 4.04. The summed E-state index contributed by atoms with van der Waals surface area (Å²) in [5.41, 5.74) is 0. The standard InChI is InChI=1S/C17H17Cl2NO4/c18-13-3-1-4-15(16(13)19)24-9-10(21)8-20-17(22)12-7-11(12)14-5-2-6-23-14/h1-6,10-12,21H,7-9H2,(H,20,22)/t10-,11+,12-/m0/s1. The van der Waals surface area contributed by atoms with Crippen LogP contribution in [0.4, 0.5) is 0 Å². The van der Waals surface area contributed by atoms with E-state index < -0.39 is 6.10 Å². The minimum absolute atomic E-state index is 0.00657. The summed E-state index contributed by atoms with van der Waals surface area (Å²) >= 11 is 11.9. The van der Waals surface area contributed by atoms with Crippen molar-refractivity contribution in [3.63, 3.8) is 0 Å². The maximum Gasteiger partial charge on any atom is 0.223 e. The molecule has 0 radical (unpaired) electrons. The van der Waals surface area contributed by atoms with E-state index in [0.29, 0.717) is 15.8 Å². The number of rotatable bonds is 7. The van der Waals surface area contributed by atoms with E-state index >= 15 is 0 Å². The molecule has 0 saturated heterocycles. The van der Waals surface area contributed by atoms with Gasteiger partial charge in [-0.1, -0.05) is 29.3 Å². The van der Waals surface area contributed by atoms with Crippen LogP contribution >= 0.6 is 23.2 Å². The minimum Gasteiger partial charge on any atom is -0.489 e. The van der Waals surface area contributed by atoms with Crippen molar-refractivity contribution < 1.29 is 19.1 Å². The minimum atomic E-state index is -0.843. The molecule has 0 unspecified atom stereocenters. The predicted octanol–water partition coefficient (Wildman–Crippen LogP) is 3.25. The number of ether oxygens (including phenoxy) is 1. The molecule has 2 aromatic rings. The summed E-state index contributed by atoms with van der Waals surface area (Å²) in [5.74, 6) is 1.19. The smallest absolute Gasteiger partial charge is 0.223 e. The molecule has 0 aliphatic heterocycles. The van der Waals surface area contributed by atoms with Crippen LogP contribution in [0.2, 0.25) is 10.0 Å². The first-order valence-corrected chi connectivity index (χ1v) is 8.38. The van der Waals surface area contributed by atoms with Crippen molar-refractivity contribution >= 4 is 29.1 Å². The molecule has 1 fully saturated rings. The summed E-state index contributed by atoms with van der Waals surface area (Å²) in [4.78, 5) is 12.0. The number of hydrogen-bond donors (Lipinski definition) is 2. The highest BCUT2D eigenvalue weighted by molar-refractivity contribution is 6.42. The van der Waals surface area contributed by atoms with Crippen LogP contribution in [0.5, 0.6) is 5.75 Å². The van der Waals surface area contributed by atoms with Crippen molar-refractivity contribution in [1.82, 2.24) is 5.32 Å². The monoisotopic (exact) mass is 369 g/mol. The molecule has 1 aromatic heterocycles. The second-order valence-electron chi connectivity index (χ2n) is 5.73. The Morgan fingerprint density at radius 1 is 1.38 bits per heavy atom. The zero-order valence-electron chi connectivity index (χ0n) is 12.7. The molecule has 1 amide bonds. The van der Waals surface area contributed by atoms with Crippen LogP contribution in [-0.2, 0) is 4.79 Å². The molecule has 24 heavy (non-hydrogen) atoms. The zero-order chi connectivity index (χ0) is 17.1. The number of carbonyl (C=O) groups excluding carboxylic acids is 1. The van der Waals surface area contributed by atoms with E-state index in [2.05, 4.69) is 5.32 Å². The summed E-state index contributed by atoms with van der Waals surface area (Å²) in [7, 11) is 0. The molecule has 1 saturated carbocycles. The molecule has 1 aliphatic rings. The molecule has 2 N–H and O–H groups in total. The third-order valence-electron chi connectivity index (χ3n) is 3.90. The van der Waals surface area contributed by atoms with Crippen molar-refractivity contribution in [2.75, 3.05) is 13.2 Å². The van der Waals surface area contributed by atoms with Crippen molar-refractivity contribution in [2.24, 2.45) is 5.92 Å². The highest BCUT2D eigenvalue weighted by Crippen LogP contribution is 2.47. The van der Waals surface area contributed by atoms with E-state index in [1.807, 2.05) is 12.1 Å². The SMILES string of the molecule is O=C(NC[C@H](O)COc1cccc(Cl)c1Cl)[C@H]1C[C@H]1c1ccco1. The first-order valence-electron chi connectivity index (χ1n) is 7.62. The van der Waals surface area contributed by atoms with Gasteiger partial charge in [0.15, 0.2) is 0 Å². The molecule has 1 heterocycles. The summed E-state index contributed by atoms with van der Waals surface area (Å²) in [6.45, 7) is 0.116. The van der Waals surface area contributed by atoms with Crippen LogP contribution in [0.1, 0.15) is 18.1 Å². The molecule has 5 nitrogen and oxygen atoms in total. The van der Waals surface area contributed by atoms with Crippen molar-refractivity contribution in [1.29, 1.82) is 0 Å². The zero-order valence-corrected chi connectivity index (χ0v) is 14.3. The molecule has 3 atom stereocenters. The average molecular weight is 370 g/mol. The van der Waals surface area contributed by atoms with Gasteiger partial charge >= 0.3 is 0 Å². The first kappa shape index (κ1) is 17.1. The van der Waals surface area contributed by atoms with E-state index in [9.17, 15) is 9.90 Å². The van der Waals surface area contributed by atoms with Gasteiger partial charge in [-0.15, -0.1) is 0 Å². The molecule has 0 spiro atoms. The Morgan fingerprint density at radius 3 is 2.96 bits per heavy atom. The largest absolute Gasteiger partial charge is 0.489 e. The quantitative estimate of drug-likeness (QED) is 0.785. The Morgan fingerprint density at radius 2 is 2.21 bits per heavy atom. The Bertz CT molecular complexity index is 705. The lowest BCUT2D eigenvalue weighted by Crippen LogP contribution is -2.36. The van der Waals surface area contributed by atoms with Gasteiger partial charge in [-0.05, 0) is 30.7 Å². The van der Waals surface area contributed by atoms with E-state index in [0.717, 1.165) is 12.2 Å². The summed E-state index contributed by atoms with van der Waals surface area (Å²) in [6.07, 6.45) is 1.53. The van der Waals surface area contributed by atoms with E-state index in [1.165, 1.54) is 0 Å². The summed E-state index contributed by atoms with van der Waals surface area (Å²) < 4.78 is 10.7. The second-order valence-corrected chi connectivity index (χ2v) is 6.51. The number of furan rings is 1. The van der Waals surface area contributed by atoms with Crippen LogP contribution in [0.25, 0.3) is 0 Å². The maximum absolute atomic E-state index is 12.0. The Hall–Kier alpha value is -1.69. The molecule has 128 valence electrons. The topological polar surface area (TPSA) is 71.7 Å². The van der Waals surface area contributed by atoms with Crippen molar-refractivity contribution in [2.45, 2.75) is 18.4 Å². The molecule has 1 aliphatic carbocycles. The lowest BCUT2D eigenvalue weighted by Gasteiger charge is -2.14. The fourth-order valence-electron chi connectivity index (χ4n) is 2.49. The normalized spacial score (nSPS) is 20.5. The average Bonchev–Trinajstić information content (AvgIpc) is 3.19. The highest BCUT2D eigenvalue weighted by atomic mass is 35.5. The Labute approximate surface area is 149 Å². The van der Waals surface area contributed by atoms with Gasteiger partial charge in [0.1, 0.15) is 29.2 Å². The Kier molecular flexibility index (Phi) is 5.33. The second kappa shape index (κ2) is 7.47. The number of carbonyl (C=O) groups is 1. The number of nitrogens with one attached hydrogen (secondary N) is 1. The van der Waals surface area contributed by atoms with Crippen molar-refractivity contribution in [3.05, 3.63) is 52.4 Å². The van der Waals surface area contributed by atoms with Gasteiger partial charge in [0.2, 0.25) is 5.91 Å². The van der Waals surface area contributed by atoms with Gasteiger partial charge in [-0.2, -0.15) is 0 Å².